The molecule has 31 heavy (non-hydrogen) atoms. The maximum absolute atomic E-state index is 12.6. The van der Waals surface area contributed by atoms with Crippen molar-refractivity contribution in [3.63, 3.8) is 0 Å². The summed E-state index contributed by atoms with van der Waals surface area (Å²) in [5, 5.41) is 9.43. The van der Waals surface area contributed by atoms with E-state index in [0.717, 1.165) is 32.1 Å². The van der Waals surface area contributed by atoms with Crippen molar-refractivity contribution in [2.75, 3.05) is 0 Å². The van der Waals surface area contributed by atoms with Gasteiger partial charge in [0.15, 0.2) is 0 Å². The van der Waals surface area contributed by atoms with Crippen LogP contribution in [-0.4, -0.2) is 41.0 Å². The molecule has 1 atom stereocenters. The summed E-state index contributed by atoms with van der Waals surface area (Å²) in [5.41, 5.74) is 4.77. The number of rotatable bonds is 8. The molecule has 0 aliphatic heterocycles. The maximum atomic E-state index is 12.6. The minimum atomic E-state index is -0.862. The zero-order chi connectivity index (χ0) is 21.8. The van der Waals surface area contributed by atoms with Crippen molar-refractivity contribution in [1.82, 2.24) is 9.55 Å². The molecule has 0 aliphatic carbocycles. The third-order valence-electron chi connectivity index (χ3n) is 5.14. The number of benzene rings is 3. The summed E-state index contributed by atoms with van der Waals surface area (Å²) >= 11 is -0.627. The molecule has 6 heteroatoms. The second-order valence-corrected chi connectivity index (χ2v) is 10.1. The van der Waals surface area contributed by atoms with E-state index in [1.807, 2.05) is 78.2 Å². The molecule has 1 aromatic heterocycles. The molecular formula is C25H22AsN2O3. The number of hydrogen-bond donors (Lipinski definition) is 1. The molecule has 155 valence electrons. The van der Waals surface area contributed by atoms with E-state index in [4.69, 9.17) is 0 Å². The summed E-state index contributed by atoms with van der Waals surface area (Å²) < 4.78 is 3.16. The average molecular weight is 473 g/mol. The van der Waals surface area contributed by atoms with Crippen molar-refractivity contribution in [3.8, 4) is 0 Å². The quantitative estimate of drug-likeness (QED) is 0.398. The van der Waals surface area contributed by atoms with Crippen LogP contribution in [0.4, 0.5) is 0 Å². The first-order valence-corrected chi connectivity index (χ1v) is 11.9. The van der Waals surface area contributed by atoms with Gasteiger partial charge in [-0.1, -0.05) is 0 Å². The standard InChI is InChI=1S/C25H22AsN2O3/c1-17-6-5-7-18(12-17)13-24(29)26-20-10-11-22-21(14-20)27-16-28(22)23(15-25(30)31)19-8-3-2-4-9-19/h2-12,14,16,23H,13,15H2,1H3,(H,30,31). The second kappa shape index (κ2) is 9.32. The van der Waals surface area contributed by atoms with Crippen molar-refractivity contribution < 1.29 is 14.7 Å². The first kappa shape index (κ1) is 21.1. The summed E-state index contributed by atoms with van der Waals surface area (Å²) in [4.78, 5) is 28.6. The molecule has 1 heterocycles. The van der Waals surface area contributed by atoms with Gasteiger partial charge in [-0.15, -0.1) is 0 Å². The van der Waals surface area contributed by atoms with Crippen molar-refractivity contribution in [2.45, 2.75) is 25.8 Å². The van der Waals surface area contributed by atoms with Crippen LogP contribution in [0.5, 0.6) is 0 Å². The number of aromatic nitrogens is 2. The normalized spacial score (nSPS) is 12.4. The minimum absolute atomic E-state index is 0.0297. The van der Waals surface area contributed by atoms with Crippen LogP contribution < -0.4 is 4.35 Å². The van der Waals surface area contributed by atoms with Gasteiger partial charge in [-0.05, 0) is 0 Å². The molecule has 0 fully saturated rings. The molecule has 1 N–H and O–H groups in total. The molecule has 0 saturated carbocycles. The van der Waals surface area contributed by atoms with E-state index in [1.54, 1.807) is 6.33 Å². The van der Waals surface area contributed by atoms with Crippen LogP contribution in [0.1, 0.15) is 29.2 Å². The average Bonchev–Trinajstić information content (AvgIpc) is 3.15. The van der Waals surface area contributed by atoms with Crippen LogP contribution in [0.25, 0.3) is 11.0 Å². The third kappa shape index (κ3) is 5.12. The predicted molar refractivity (Wildman–Crippen MR) is 122 cm³/mol. The molecule has 0 amide bonds. The Kier molecular flexibility index (Phi) is 6.33. The van der Waals surface area contributed by atoms with Gasteiger partial charge in [0.1, 0.15) is 0 Å². The van der Waals surface area contributed by atoms with Crippen molar-refractivity contribution in [2.24, 2.45) is 0 Å². The van der Waals surface area contributed by atoms with Gasteiger partial charge in [-0.25, -0.2) is 0 Å². The second-order valence-electron chi connectivity index (χ2n) is 7.52. The molecule has 3 aromatic carbocycles. The summed E-state index contributed by atoms with van der Waals surface area (Å²) in [7, 11) is 0. The molecule has 0 bridgehead atoms. The summed E-state index contributed by atoms with van der Waals surface area (Å²) in [5.74, 6) is -0.862. The number of carboxylic acid groups (broad SMARTS) is 1. The number of fused-ring (bicyclic) bond motifs is 1. The SMILES string of the molecule is Cc1cccc(CC(=O)[As]c2ccc3c(c2)ncn3C(CC(=O)O)c2ccccc2)c1. The van der Waals surface area contributed by atoms with Gasteiger partial charge in [0.2, 0.25) is 0 Å². The summed E-state index contributed by atoms with van der Waals surface area (Å²) in [6, 6.07) is 23.2. The van der Waals surface area contributed by atoms with Crippen LogP contribution in [0.15, 0.2) is 79.1 Å². The number of carboxylic acids is 1. The Hall–Kier alpha value is -3.17. The molecule has 0 aliphatic rings. The Morgan fingerprint density at radius 3 is 2.58 bits per heavy atom. The van der Waals surface area contributed by atoms with E-state index in [9.17, 15) is 14.7 Å². The van der Waals surface area contributed by atoms with Crippen LogP contribution in [0.2, 0.25) is 0 Å². The molecule has 1 unspecified atom stereocenters. The third-order valence-corrected chi connectivity index (χ3v) is 7.12. The van der Waals surface area contributed by atoms with Gasteiger partial charge < -0.3 is 0 Å². The fraction of sp³-hybridized carbons (Fsp3) is 0.160. The Labute approximate surface area is 187 Å². The van der Waals surface area contributed by atoms with Gasteiger partial charge in [-0.3, -0.25) is 0 Å². The van der Waals surface area contributed by atoms with Crippen molar-refractivity contribution >= 4 is 41.7 Å². The Balaban J connectivity index is 1.57. The summed E-state index contributed by atoms with van der Waals surface area (Å²) in [6.07, 6.45) is 2.11. The molecule has 4 rings (SSSR count). The Bertz CT molecular complexity index is 1230. The predicted octanol–water partition coefficient (Wildman–Crippen LogP) is 3.51. The van der Waals surface area contributed by atoms with Crippen molar-refractivity contribution in [3.05, 3.63) is 95.8 Å². The first-order valence-electron chi connectivity index (χ1n) is 10.0. The van der Waals surface area contributed by atoms with E-state index in [0.29, 0.717) is 6.42 Å². The fourth-order valence-corrected chi connectivity index (χ4v) is 5.59. The fourth-order valence-electron chi connectivity index (χ4n) is 3.74. The van der Waals surface area contributed by atoms with E-state index in [1.165, 1.54) is 0 Å². The molecule has 0 saturated heterocycles. The van der Waals surface area contributed by atoms with Crippen LogP contribution in [-0.2, 0) is 16.0 Å². The van der Waals surface area contributed by atoms with Gasteiger partial charge in [0.05, 0.1) is 0 Å². The zero-order valence-corrected chi connectivity index (χ0v) is 19.0. The van der Waals surface area contributed by atoms with Crippen LogP contribution in [0, 0.1) is 6.92 Å². The van der Waals surface area contributed by atoms with Crippen molar-refractivity contribution in [1.29, 1.82) is 0 Å². The zero-order valence-electron chi connectivity index (χ0n) is 17.1. The van der Waals surface area contributed by atoms with Gasteiger partial charge in [0.25, 0.3) is 0 Å². The number of nitrogens with zero attached hydrogens (tertiary/aromatic N) is 2. The van der Waals surface area contributed by atoms with Gasteiger partial charge in [-0.2, -0.15) is 0 Å². The number of hydrogen-bond acceptors (Lipinski definition) is 3. The van der Waals surface area contributed by atoms with Gasteiger partial charge in [0, 0.05) is 0 Å². The Morgan fingerprint density at radius 2 is 1.84 bits per heavy atom. The first-order chi connectivity index (χ1) is 15.0. The molecule has 0 spiro atoms. The number of aliphatic carboxylic acids is 1. The summed E-state index contributed by atoms with van der Waals surface area (Å²) in [6.45, 7) is 2.03. The number of aryl methyl sites for hydroxylation is 1. The van der Waals surface area contributed by atoms with E-state index < -0.39 is 21.7 Å². The molecule has 4 aromatic rings. The molecule has 5 nitrogen and oxygen atoms in total. The number of carbonyl (C=O) groups excluding carboxylic acids is 1. The van der Waals surface area contributed by atoms with Crippen LogP contribution >= 0.6 is 0 Å². The van der Waals surface area contributed by atoms with E-state index in [-0.39, 0.29) is 17.0 Å². The number of imidazole rings is 1. The Morgan fingerprint density at radius 1 is 1.03 bits per heavy atom. The van der Waals surface area contributed by atoms with E-state index >= 15 is 0 Å². The topological polar surface area (TPSA) is 72.2 Å². The number of carbonyl (C=O) groups is 2. The van der Waals surface area contributed by atoms with Crippen LogP contribution in [0.3, 0.4) is 0 Å². The molecular weight excluding hydrogens is 451 g/mol. The molecule has 1 radical (unpaired) electrons. The monoisotopic (exact) mass is 473 g/mol. The van der Waals surface area contributed by atoms with Gasteiger partial charge >= 0.3 is 188 Å². The van der Waals surface area contributed by atoms with E-state index in [2.05, 4.69) is 11.1 Å².